The first kappa shape index (κ1) is 35.5. The van der Waals surface area contributed by atoms with E-state index in [0.29, 0.717) is 0 Å². The quantitative estimate of drug-likeness (QED) is 0.197. The molecule has 24 heteroatoms. The van der Waals surface area contributed by atoms with E-state index < -0.39 is 81.6 Å². The highest BCUT2D eigenvalue weighted by Crippen LogP contribution is 2.56. The Morgan fingerprint density at radius 3 is 0.730 bits per heavy atom. The molecule has 0 rings (SSSR count). The molecule has 0 saturated carbocycles. The maximum Gasteiger partial charge on any atom is 0.453 e. The van der Waals surface area contributed by atoms with Crippen molar-refractivity contribution in [2.75, 3.05) is 0 Å². The number of hydrogen-bond acceptors (Lipinski definition) is 5. The van der Waals surface area contributed by atoms with Gasteiger partial charge in [-0.3, -0.25) is 9.47 Å². The molecule has 0 aromatic heterocycles. The van der Waals surface area contributed by atoms with Crippen molar-refractivity contribution < 1.29 is 107 Å². The van der Waals surface area contributed by atoms with Crippen molar-refractivity contribution in [3.05, 3.63) is 0 Å². The first-order valence-corrected chi connectivity index (χ1v) is 8.13. The molecule has 0 radical (unpaired) electrons. The molecular weight excluding hydrogens is 597 g/mol. The van der Waals surface area contributed by atoms with Crippen LogP contribution in [-0.2, 0) is 23.7 Å². The largest absolute Gasteiger partial charge is 0.453 e. The second-order valence-electron chi connectivity index (χ2n) is 6.63. The third-order valence-corrected chi connectivity index (χ3v) is 2.87. The summed E-state index contributed by atoms with van der Waals surface area (Å²) in [5.41, 5.74) is 0. The van der Waals surface area contributed by atoms with Crippen molar-refractivity contribution in [3.8, 4) is 0 Å². The summed E-state index contributed by atoms with van der Waals surface area (Å²) in [7, 11) is 0. The van der Waals surface area contributed by atoms with Gasteiger partial charge in [0, 0.05) is 20.8 Å². The molecular formula is C13H9F19O5. The van der Waals surface area contributed by atoms with Crippen LogP contribution in [0.4, 0.5) is 83.4 Å². The summed E-state index contributed by atoms with van der Waals surface area (Å²) in [4.78, 5) is 0. The highest BCUT2D eigenvalue weighted by atomic mass is 19.4. The van der Waals surface area contributed by atoms with Crippen LogP contribution < -0.4 is 0 Å². The smallest absolute Gasteiger partial charge is 0.261 e. The average molecular weight is 606 g/mol. The minimum atomic E-state index is -8.03. The van der Waals surface area contributed by atoms with E-state index in [0.717, 1.165) is 0 Å². The summed E-state index contributed by atoms with van der Waals surface area (Å²) < 4.78 is 260. The van der Waals surface area contributed by atoms with Gasteiger partial charge in [0.2, 0.25) is 0 Å². The van der Waals surface area contributed by atoms with Crippen molar-refractivity contribution in [2.45, 2.75) is 81.6 Å². The van der Waals surface area contributed by atoms with Gasteiger partial charge in [0.15, 0.2) is 0 Å². The molecule has 0 aliphatic carbocycles. The SMILES string of the molecule is CC(F)(F)OC(F)(F)C(F)(F)OC(F)(F)C(F)(OC(F)(F)C(F)(F)OC(C)(F)F)C(F)(F)OC(C)(F)F. The van der Waals surface area contributed by atoms with Gasteiger partial charge in [0.1, 0.15) is 0 Å². The van der Waals surface area contributed by atoms with Gasteiger partial charge in [-0.25, -0.2) is 14.2 Å². The second-order valence-corrected chi connectivity index (χ2v) is 6.63. The molecule has 0 heterocycles. The molecule has 1 unspecified atom stereocenters. The van der Waals surface area contributed by atoms with Gasteiger partial charge >= 0.3 is 60.8 Å². The zero-order valence-electron chi connectivity index (χ0n) is 17.2. The Kier molecular flexibility index (Phi) is 9.19. The molecule has 0 aliphatic heterocycles. The number of halogens is 19. The molecule has 0 bridgehead atoms. The van der Waals surface area contributed by atoms with Crippen LogP contribution in [0.2, 0.25) is 0 Å². The Morgan fingerprint density at radius 1 is 0.270 bits per heavy atom. The summed E-state index contributed by atoms with van der Waals surface area (Å²) in [5.74, 6) is -8.03. The third-order valence-electron chi connectivity index (χ3n) is 2.87. The van der Waals surface area contributed by atoms with Crippen LogP contribution in [0.15, 0.2) is 0 Å². The van der Waals surface area contributed by atoms with E-state index in [1.54, 1.807) is 4.74 Å². The van der Waals surface area contributed by atoms with E-state index in [4.69, 9.17) is 0 Å². The lowest BCUT2D eigenvalue weighted by molar-refractivity contribution is -0.595. The molecule has 0 aromatic rings. The van der Waals surface area contributed by atoms with Gasteiger partial charge in [0.25, 0.3) is 0 Å². The minimum absolute atomic E-state index is 0.783. The highest BCUT2D eigenvalue weighted by molar-refractivity contribution is 4.92. The molecule has 0 amide bonds. The van der Waals surface area contributed by atoms with Crippen LogP contribution in [0.5, 0.6) is 0 Å². The van der Waals surface area contributed by atoms with E-state index in [9.17, 15) is 83.4 Å². The van der Waals surface area contributed by atoms with Gasteiger partial charge in [-0.1, -0.05) is 0 Å². The van der Waals surface area contributed by atoms with Crippen LogP contribution in [0.1, 0.15) is 20.8 Å². The van der Waals surface area contributed by atoms with E-state index in [2.05, 4.69) is 0 Å². The lowest BCUT2D eigenvalue weighted by atomic mass is 10.2. The van der Waals surface area contributed by atoms with E-state index >= 15 is 0 Å². The van der Waals surface area contributed by atoms with Gasteiger partial charge < -0.3 is 0 Å². The van der Waals surface area contributed by atoms with Crippen molar-refractivity contribution >= 4 is 0 Å². The normalized spacial score (nSPS) is 17.7. The van der Waals surface area contributed by atoms with Gasteiger partial charge in [0.05, 0.1) is 0 Å². The molecule has 0 spiro atoms. The number of ether oxygens (including phenoxy) is 5. The maximum atomic E-state index is 14.5. The van der Waals surface area contributed by atoms with E-state index in [1.807, 2.05) is 14.2 Å². The summed E-state index contributed by atoms with van der Waals surface area (Å²) >= 11 is 0. The Morgan fingerprint density at radius 2 is 0.459 bits per heavy atom. The van der Waals surface area contributed by atoms with Crippen molar-refractivity contribution in [2.24, 2.45) is 0 Å². The molecule has 0 saturated heterocycles. The topological polar surface area (TPSA) is 46.2 Å². The molecule has 0 aromatic carbocycles. The average Bonchev–Trinajstić information content (AvgIpc) is 2.45. The van der Waals surface area contributed by atoms with Crippen molar-refractivity contribution in [1.82, 2.24) is 0 Å². The van der Waals surface area contributed by atoms with Crippen molar-refractivity contribution in [1.29, 1.82) is 0 Å². The summed E-state index contributed by atoms with van der Waals surface area (Å²) in [6.45, 7) is -2.53. The minimum Gasteiger partial charge on any atom is -0.261 e. The van der Waals surface area contributed by atoms with Crippen LogP contribution in [0.25, 0.3) is 0 Å². The fourth-order valence-electron chi connectivity index (χ4n) is 1.67. The van der Waals surface area contributed by atoms with Gasteiger partial charge in [-0.15, -0.1) is 0 Å². The van der Waals surface area contributed by atoms with Crippen LogP contribution in [-0.4, -0.2) is 60.8 Å². The lowest BCUT2D eigenvalue weighted by Gasteiger charge is -2.41. The molecule has 37 heavy (non-hydrogen) atoms. The predicted molar refractivity (Wildman–Crippen MR) is 70.8 cm³/mol. The predicted octanol–water partition coefficient (Wildman–Crippen LogP) is 7.13. The number of hydrogen-bond donors (Lipinski definition) is 0. The maximum absolute atomic E-state index is 14.5. The zero-order valence-corrected chi connectivity index (χ0v) is 17.2. The van der Waals surface area contributed by atoms with E-state index in [1.165, 1.54) is 4.74 Å². The van der Waals surface area contributed by atoms with Gasteiger partial charge in [-0.05, 0) is 0 Å². The van der Waals surface area contributed by atoms with Crippen LogP contribution in [0, 0.1) is 0 Å². The molecule has 0 aliphatic rings. The lowest BCUT2D eigenvalue weighted by Crippen LogP contribution is -2.68. The molecule has 0 N–H and O–H groups in total. The molecule has 1 atom stereocenters. The molecule has 0 fully saturated rings. The highest BCUT2D eigenvalue weighted by Gasteiger charge is 2.84. The second kappa shape index (κ2) is 9.59. The third kappa shape index (κ3) is 8.74. The monoisotopic (exact) mass is 606 g/mol. The standard InChI is InChI=1S/C13H9F19O5/c1-4(14,15)33-8(21,22)7(20,36-12(29,30)10(25,26)34-5(2,16)17)9(23,24)37-13(31,32)11(27,28)35-6(3,18)19/h1-3H3. The van der Waals surface area contributed by atoms with Crippen molar-refractivity contribution in [3.63, 3.8) is 0 Å². The van der Waals surface area contributed by atoms with Gasteiger partial charge in [-0.2, -0.15) is 83.4 Å². The Bertz CT molecular complexity index is 783. The fraction of sp³-hybridized carbons (Fsp3) is 1.00. The number of rotatable bonds is 14. The summed E-state index contributed by atoms with van der Waals surface area (Å²) in [6.07, 6.45) is -61.8. The molecule has 5 nitrogen and oxygen atoms in total. The fourth-order valence-corrected chi connectivity index (χ4v) is 1.67. The summed E-state index contributed by atoms with van der Waals surface area (Å²) in [5, 5.41) is 0. The Hall–Kier alpha value is -1.53. The van der Waals surface area contributed by atoms with Crippen LogP contribution in [0.3, 0.4) is 0 Å². The number of alkyl halides is 19. The summed E-state index contributed by atoms with van der Waals surface area (Å²) in [6, 6.07) is 0. The van der Waals surface area contributed by atoms with Crippen LogP contribution >= 0.6 is 0 Å². The first-order valence-electron chi connectivity index (χ1n) is 8.13. The Labute approximate surface area is 190 Å². The molecule has 224 valence electrons. The van der Waals surface area contributed by atoms with E-state index in [-0.39, 0.29) is 0 Å². The zero-order chi connectivity index (χ0) is 30.5. The first-order chi connectivity index (χ1) is 15.5. The Balaban J connectivity index is 6.88.